The Balaban J connectivity index is 2.18. The highest BCUT2D eigenvalue weighted by atomic mass is 35.5. The van der Waals surface area contributed by atoms with E-state index in [4.69, 9.17) is 11.6 Å². The predicted molar refractivity (Wildman–Crippen MR) is 56.7 cm³/mol. The van der Waals surface area contributed by atoms with Crippen LogP contribution in [0.3, 0.4) is 0 Å². The molecule has 0 amide bonds. The number of rotatable bonds is 2. The molecule has 0 bridgehead atoms. The van der Waals surface area contributed by atoms with Gasteiger partial charge in [-0.2, -0.15) is 9.37 Å². The molecule has 3 nitrogen and oxygen atoms in total. The topological polar surface area (TPSA) is 37.8 Å². The number of hydrogen-bond acceptors (Lipinski definition) is 3. The van der Waals surface area contributed by atoms with Crippen molar-refractivity contribution in [3.63, 3.8) is 0 Å². The van der Waals surface area contributed by atoms with E-state index in [1.165, 1.54) is 6.20 Å². The second kappa shape index (κ2) is 4.23. The van der Waals surface area contributed by atoms with Crippen molar-refractivity contribution in [2.75, 3.05) is 5.32 Å². The first-order valence-electron chi connectivity index (χ1n) is 4.25. The molecule has 0 unspecified atom stereocenters. The Bertz CT molecular complexity index is 458. The summed E-state index contributed by atoms with van der Waals surface area (Å²) in [5, 5.41) is 3.57. The molecule has 1 aromatic heterocycles. The molecule has 0 saturated carbocycles. The number of nitrogens with zero attached hydrogens (tertiary/aromatic N) is 2. The quantitative estimate of drug-likeness (QED) is 0.796. The minimum Gasteiger partial charge on any atom is -0.340 e. The van der Waals surface area contributed by atoms with E-state index in [-0.39, 0.29) is 0 Å². The molecule has 0 spiro atoms. The molecule has 1 N–H and O–H groups in total. The van der Waals surface area contributed by atoms with Crippen LogP contribution in [0.15, 0.2) is 36.5 Å². The maximum atomic E-state index is 12.7. The van der Waals surface area contributed by atoms with Crippen LogP contribution in [0.1, 0.15) is 0 Å². The minimum atomic E-state index is -0.756. The van der Waals surface area contributed by atoms with Crippen molar-refractivity contribution in [3.8, 4) is 0 Å². The molecule has 2 rings (SSSR count). The van der Waals surface area contributed by atoms with Crippen LogP contribution in [0.25, 0.3) is 0 Å². The van der Waals surface area contributed by atoms with Crippen LogP contribution >= 0.6 is 11.6 Å². The summed E-state index contributed by atoms with van der Waals surface area (Å²) in [7, 11) is 0. The Kier molecular flexibility index (Phi) is 2.78. The highest BCUT2D eigenvalue weighted by Gasteiger charge is 1.98. The number of nitrogens with one attached hydrogen (secondary N) is 1. The van der Waals surface area contributed by atoms with Gasteiger partial charge in [-0.05, 0) is 30.3 Å². The lowest BCUT2D eigenvalue weighted by Crippen LogP contribution is -1.96. The van der Waals surface area contributed by atoms with Gasteiger partial charge < -0.3 is 5.32 Å². The third-order valence-electron chi connectivity index (χ3n) is 1.74. The van der Waals surface area contributed by atoms with Crippen molar-refractivity contribution in [2.24, 2.45) is 0 Å². The van der Waals surface area contributed by atoms with Gasteiger partial charge in [-0.15, -0.1) is 0 Å². The molecule has 0 atom stereocenters. The van der Waals surface area contributed by atoms with Crippen molar-refractivity contribution in [2.45, 2.75) is 0 Å². The van der Waals surface area contributed by atoms with E-state index in [0.717, 1.165) is 5.69 Å². The SMILES string of the molecule is Fc1nccc(Nc2ccc(Cl)cc2)n1. The average Bonchev–Trinajstić information content (AvgIpc) is 2.22. The lowest BCUT2D eigenvalue weighted by atomic mass is 10.3. The monoisotopic (exact) mass is 223 g/mol. The maximum Gasteiger partial charge on any atom is 0.310 e. The third-order valence-corrected chi connectivity index (χ3v) is 1.99. The Morgan fingerprint density at radius 2 is 1.87 bits per heavy atom. The molecular weight excluding hydrogens is 217 g/mol. The average molecular weight is 224 g/mol. The van der Waals surface area contributed by atoms with Gasteiger partial charge >= 0.3 is 6.08 Å². The van der Waals surface area contributed by atoms with Crippen LogP contribution < -0.4 is 5.32 Å². The van der Waals surface area contributed by atoms with Gasteiger partial charge in [0.15, 0.2) is 0 Å². The molecule has 1 aromatic carbocycles. The van der Waals surface area contributed by atoms with Crippen LogP contribution in [0, 0.1) is 6.08 Å². The standard InChI is InChI=1S/C10H7ClFN3/c11-7-1-3-8(4-2-7)14-9-5-6-13-10(12)15-9/h1-6H,(H,13,14,15). The van der Waals surface area contributed by atoms with Crippen LogP contribution in [0.4, 0.5) is 15.9 Å². The van der Waals surface area contributed by atoms with Gasteiger partial charge in [-0.1, -0.05) is 11.6 Å². The van der Waals surface area contributed by atoms with Crippen molar-refractivity contribution < 1.29 is 4.39 Å². The highest BCUT2D eigenvalue weighted by molar-refractivity contribution is 6.30. The second-order valence-electron chi connectivity index (χ2n) is 2.84. The van der Waals surface area contributed by atoms with Crippen molar-refractivity contribution in [1.29, 1.82) is 0 Å². The lowest BCUT2D eigenvalue weighted by molar-refractivity contribution is 0.540. The Hall–Kier alpha value is -1.68. The fourth-order valence-corrected chi connectivity index (χ4v) is 1.21. The smallest absolute Gasteiger partial charge is 0.310 e. The number of anilines is 2. The van der Waals surface area contributed by atoms with Crippen molar-refractivity contribution in [3.05, 3.63) is 47.6 Å². The number of aromatic nitrogens is 2. The van der Waals surface area contributed by atoms with Crippen molar-refractivity contribution in [1.82, 2.24) is 9.97 Å². The lowest BCUT2D eigenvalue weighted by Gasteiger charge is -2.04. The normalized spacial score (nSPS) is 10.0. The molecule has 1 heterocycles. The maximum absolute atomic E-state index is 12.7. The Labute approximate surface area is 90.9 Å². The van der Waals surface area contributed by atoms with E-state index in [0.29, 0.717) is 10.8 Å². The van der Waals surface area contributed by atoms with E-state index in [1.54, 1.807) is 30.3 Å². The Morgan fingerprint density at radius 1 is 1.13 bits per heavy atom. The molecular formula is C10H7ClFN3. The first-order valence-corrected chi connectivity index (χ1v) is 4.63. The molecule has 76 valence electrons. The summed E-state index contributed by atoms with van der Waals surface area (Å²) in [5.74, 6) is 0.407. The molecule has 0 aliphatic rings. The molecule has 0 fully saturated rings. The molecule has 0 aliphatic carbocycles. The zero-order valence-electron chi connectivity index (χ0n) is 7.61. The van der Waals surface area contributed by atoms with Crippen LogP contribution in [-0.2, 0) is 0 Å². The number of halogens is 2. The van der Waals surface area contributed by atoms with Gasteiger partial charge in [0, 0.05) is 16.9 Å². The van der Waals surface area contributed by atoms with Crippen LogP contribution in [0.2, 0.25) is 5.02 Å². The van der Waals surface area contributed by atoms with Gasteiger partial charge in [0.2, 0.25) is 0 Å². The number of benzene rings is 1. The first-order chi connectivity index (χ1) is 7.24. The van der Waals surface area contributed by atoms with Gasteiger partial charge in [-0.3, -0.25) is 0 Å². The molecule has 0 aliphatic heterocycles. The summed E-state index contributed by atoms with van der Waals surface area (Å²) in [4.78, 5) is 6.93. The Morgan fingerprint density at radius 3 is 2.53 bits per heavy atom. The molecule has 15 heavy (non-hydrogen) atoms. The van der Waals surface area contributed by atoms with E-state index in [9.17, 15) is 4.39 Å². The van der Waals surface area contributed by atoms with E-state index in [2.05, 4.69) is 15.3 Å². The first kappa shape index (κ1) is 9.86. The number of hydrogen-bond donors (Lipinski definition) is 1. The van der Waals surface area contributed by atoms with Gasteiger partial charge in [0.1, 0.15) is 5.82 Å². The van der Waals surface area contributed by atoms with Crippen LogP contribution in [0.5, 0.6) is 0 Å². The van der Waals surface area contributed by atoms with E-state index < -0.39 is 6.08 Å². The van der Waals surface area contributed by atoms with Crippen LogP contribution in [-0.4, -0.2) is 9.97 Å². The summed E-state index contributed by atoms with van der Waals surface area (Å²) in [5.41, 5.74) is 0.789. The molecule has 0 radical (unpaired) electrons. The van der Waals surface area contributed by atoms with Gasteiger partial charge in [-0.25, -0.2) is 4.98 Å². The molecule has 5 heteroatoms. The summed E-state index contributed by atoms with van der Waals surface area (Å²) >= 11 is 5.73. The predicted octanol–water partition coefficient (Wildman–Crippen LogP) is 3.01. The van der Waals surface area contributed by atoms with E-state index in [1.807, 2.05) is 0 Å². The van der Waals surface area contributed by atoms with Gasteiger partial charge in [0.05, 0.1) is 0 Å². The largest absolute Gasteiger partial charge is 0.340 e. The fraction of sp³-hybridized carbons (Fsp3) is 0. The summed E-state index contributed by atoms with van der Waals surface area (Å²) in [6.07, 6.45) is 0.592. The van der Waals surface area contributed by atoms with E-state index >= 15 is 0 Å². The zero-order valence-corrected chi connectivity index (χ0v) is 8.37. The highest BCUT2D eigenvalue weighted by Crippen LogP contribution is 2.16. The minimum absolute atomic E-state index is 0.407. The van der Waals surface area contributed by atoms with Gasteiger partial charge in [0.25, 0.3) is 0 Å². The molecule has 0 saturated heterocycles. The molecule has 2 aromatic rings. The second-order valence-corrected chi connectivity index (χ2v) is 3.28. The summed E-state index contributed by atoms with van der Waals surface area (Å²) < 4.78 is 12.7. The summed E-state index contributed by atoms with van der Waals surface area (Å²) in [6.45, 7) is 0. The van der Waals surface area contributed by atoms with Crippen molar-refractivity contribution >= 4 is 23.1 Å². The third kappa shape index (κ3) is 2.63. The zero-order chi connectivity index (χ0) is 10.7. The fourth-order valence-electron chi connectivity index (χ4n) is 1.09. The summed E-state index contributed by atoms with van der Waals surface area (Å²) in [6, 6.07) is 8.62.